The third-order valence-electron chi connectivity index (χ3n) is 2.42. The molecule has 2 amide bonds. The van der Waals surface area contributed by atoms with Gasteiger partial charge in [0, 0.05) is 10.6 Å². The van der Waals surface area contributed by atoms with Gasteiger partial charge >= 0.3 is 0 Å². The molecule has 0 fully saturated rings. The molecule has 0 saturated heterocycles. The second kappa shape index (κ2) is 4.69. The fourth-order valence-electron chi connectivity index (χ4n) is 1.61. The number of anilines is 2. The Bertz CT molecular complexity index is 641. The maximum absolute atomic E-state index is 11.7. The zero-order valence-electron chi connectivity index (χ0n) is 9.51. The number of carbonyl (C=O) groups is 2. The highest BCUT2D eigenvalue weighted by Gasteiger charge is 2.17. The van der Waals surface area contributed by atoms with Crippen LogP contribution in [-0.2, 0) is 4.79 Å². The Labute approximate surface area is 111 Å². The van der Waals surface area contributed by atoms with Gasteiger partial charge in [0.15, 0.2) is 0 Å². The number of amides is 2. The Morgan fingerprint density at radius 3 is 3.11 bits per heavy atom. The molecule has 1 aromatic heterocycles. The third-order valence-corrected chi connectivity index (χ3v) is 3.49. The Morgan fingerprint density at radius 2 is 2.32 bits per heavy atom. The van der Waals surface area contributed by atoms with Gasteiger partial charge < -0.3 is 10.6 Å². The highest BCUT2D eigenvalue weighted by Crippen LogP contribution is 2.33. The Balaban J connectivity index is 1.81. The summed E-state index contributed by atoms with van der Waals surface area (Å²) in [4.78, 5) is 24.0. The van der Waals surface area contributed by atoms with E-state index in [2.05, 4.69) is 31.3 Å². The summed E-state index contributed by atoms with van der Waals surface area (Å²) in [6.45, 7) is 0. The lowest BCUT2D eigenvalue weighted by Crippen LogP contribution is -2.19. The van der Waals surface area contributed by atoms with Gasteiger partial charge in [-0.05, 0) is 23.4 Å². The van der Waals surface area contributed by atoms with E-state index >= 15 is 0 Å². The topological polar surface area (TPSA) is 113 Å². The fourth-order valence-corrected chi connectivity index (χ4v) is 2.39. The monoisotopic (exact) mass is 276 g/mol. The molecule has 0 radical (unpaired) electrons. The number of H-pyrrole nitrogens is 1. The van der Waals surface area contributed by atoms with Crippen molar-refractivity contribution in [3.8, 4) is 0 Å². The van der Waals surface area contributed by atoms with Gasteiger partial charge in [0.25, 0.3) is 11.7 Å². The van der Waals surface area contributed by atoms with E-state index in [0.29, 0.717) is 17.1 Å². The first-order chi connectivity index (χ1) is 9.22. The van der Waals surface area contributed by atoms with Crippen molar-refractivity contribution < 1.29 is 9.59 Å². The smallest absolute Gasteiger partial charge is 0.297 e. The number of rotatable bonds is 2. The lowest BCUT2D eigenvalue weighted by molar-refractivity contribution is -0.113. The molecule has 19 heavy (non-hydrogen) atoms. The van der Waals surface area contributed by atoms with Crippen LogP contribution in [0.25, 0.3) is 0 Å². The highest BCUT2D eigenvalue weighted by molar-refractivity contribution is 8.00. The third kappa shape index (κ3) is 2.40. The summed E-state index contributed by atoms with van der Waals surface area (Å²) in [7, 11) is 0. The van der Waals surface area contributed by atoms with Gasteiger partial charge in [-0.2, -0.15) is 5.21 Å². The van der Waals surface area contributed by atoms with Crippen LogP contribution < -0.4 is 10.6 Å². The van der Waals surface area contributed by atoms with Crippen LogP contribution in [0.15, 0.2) is 23.1 Å². The number of hydrogen-bond donors (Lipinski definition) is 3. The molecule has 0 spiro atoms. The quantitative estimate of drug-likeness (QED) is 0.736. The number of fused-ring (bicyclic) bond motifs is 1. The van der Waals surface area contributed by atoms with Gasteiger partial charge in [0.05, 0.1) is 11.4 Å². The number of thioether (sulfide) groups is 1. The van der Waals surface area contributed by atoms with E-state index in [4.69, 9.17) is 0 Å². The number of tetrazole rings is 1. The van der Waals surface area contributed by atoms with Crippen molar-refractivity contribution in [3.05, 3.63) is 24.0 Å². The minimum Gasteiger partial charge on any atom is -0.324 e. The first-order valence-electron chi connectivity index (χ1n) is 5.34. The summed E-state index contributed by atoms with van der Waals surface area (Å²) in [5.41, 5.74) is 1.24. The van der Waals surface area contributed by atoms with Gasteiger partial charge in [-0.3, -0.25) is 9.59 Å². The van der Waals surface area contributed by atoms with Crippen molar-refractivity contribution in [1.29, 1.82) is 0 Å². The zero-order valence-corrected chi connectivity index (χ0v) is 10.3. The van der Waals surface area contributed by atoms with Gasteiger partial charge in [-0.15, -0.1) is 22.0 Å². The van der Waals surface area contributed by atoms with E-state index < -0.39 is 5.91 Å². The van der Waals surface area contributed by atoms with Crippen molar-refractivity contribution in [3.63, 3.8) is 0 Å². The molecular formula is C10H8N6O2S. The molecule has 3 rings (SSSR count). The van der Waals surface area contributed by atoms with Crippen LogP contribution in [0, 0.1) is 0 Å². The fraction of sp³-hybridized carbons (Fsp3) is 0.100. The van der Waals surface area contributed by atoms with E-state index in [1.807, 2.05) is 6.07 Å². The zero-order chi connectivity index (χ0) is 13.2. The summed E-state index contributed by atoms with van der Waals surface area (Å²) in [5, 5.41) is 18.0. The molecule has 1 aliphatic heterocycles. The molecule has 0 unspecified atom stereocenters. The normalized spacial score (nSPS) is 13.6. The van der Waals surface area contributed by atoms with Crippen molar-refractivity contribution in [2.45, 2.75) is 4.90 Å². The molecule has 2 aromatic rings. The van der Waals surface area contributed by atoms with Gasteiger partial charge in [-0.1, -0.05) is 0 Å². The predicted octanol–water partition coefficient (Wildman–Crippen LogP) is 0.496. The largest absolute Gasteiger partial charge is 0.324 e. The van der Waals surface area contributed by atoms with Gasteiger partial charge in [0.2, 0.25) is 5.91 Å². The number of aromatic nitrogens is 4. The van der Waals surface area contributed by atoms with Crippen molar-refractivity contribution in [2.75, 3.05) is 16.4 Å². The van der Waals surface area contributed by atoms with Crippen LogP contribution in [0.4, 0.5) is 11.4 Å². The summed E-state index contributed by atoms with van der Waals surface area (Å²) in [6, 6.07) is 5.28. The molecule has 8 nitrogen and oxygen atoms in total. The molecule has 0 saturated carbocycles. The maximum atomic E-state index is 11.7. The summed E-state index contributed by atoms with van der Waals surface area (Å²) in [6.07, 6.45) is 0. The lowest BCUT2D eigenvalue weighted by Gasteiger charge is -2.17. The molecule has 1 aromatic carbocycles. The highest BCUT2D eigenvalue weighted by atomic mass is 32.2. The van der Waals surface area contributed by atoms with Crippen LogP contribution in [0.3, 0.4) is 0 Å². The van der Waals surface area contributed by atoms with Crippen molar-refractivity contribution >= 4 is 35.0 Å². The molecule has 1 aliphatic rings. The maximum Gasteiger partial charge on any atom is 0.297 e. The number of carbonyl (C=O) groups excluding carboxylic acids is 2. The van der Waals surface area contributed by atoms with Crippen molar-refractivity contribution in [1.82, 2.24) is 20.6 Å². The summed E-state index contributed by atoms with van der Waals surface area (Å²) in [5.74, 6) is -0.166. The van der Waals surface area contributed by atoms with E-state index in [9.17, 15) is 9.59 Å². The molecule has 3 N–H and O–H groups in total. The Kier molecular flexibility index (Phi) is 2.88. The van der Waals surface area contributed by atoms with Gasteiger partial charge in [-0.25, -0.2) is 0 Å². The SMILES string of the molecule is O=C1CSc2ccc(NC(=O)c3nn[nH]n3)cc2N1. The molecule has 0 bridgehead atoms. The summed E-state index contributed by atoms with van der Waals surface area (Å²) >= 11 is 1.46. The Morgan fingerprint density at radius 1 is 1.42 bits per heavy atom. The average molecular weight is 276 g/mol. The standard InChI is InChI=1S/C10H8N6O2S/c17-8-4-19-7-2-1-5(3-6(7)12-8)11-10(18)9-13-15-16-14-9/h1-3H,4H2,(H,11,18)(H,12,17)(H,13,14,15,16). The minimum absolute atomic E-state index is 0.0452. The molecule has 96 valence electrons. The van der Waals surface area contributed by atoms with Crippen LogP contribution in [0.5, 0.6) is 0 Å². The Hall–Kier alpha value is -2.42. The lowest BCUT2D eigenvalue weighted by atomic mass is 10.2. The van der Waals surface area contributed by atoms with E-state index in [1.165, 1.54) is 11.8 Å². The van der Waals surface area contributed by atoms with Crippen LogP contribution >= 0.6 is 11.8 Å². The second-order valence-corrected chi connectivity index (χ2v) is 4.75. The van der Waals surface area contributed by atoms with Crippen LogP contribution in [0.1, 0.15) is 10.6 Å². The molecule has 0 aliphatic carbocycles. The van der Waals surface area contributed by atoms with E-state index in [-0.39, 0.29) is 11.7 Å². The molecule has 9 heteroatoms. The van der Waals surface area contributed by atoms with Crippen molar-refractivity contribution in [2.24, 2.45) is 0 Å². The number of nitrogens with one attached hydrogen (secondary N) is 3. The number of aromatic amines is 1. The van der Waals surface area contributed by atoms with Gasteiger partial charge in [0.1, 0.15) is 0 Å². The minimum atomic E-state index is -0.469. The first kappa shape index (κ1) is 11.7. The first-order valence-corrected chi connectivity index (χ1v) is 6.32. The van der Waals surface area contributed by atoms with E-state index in [0.717, 1.165) is 4.90 Å². The summed E-state index contributed by atoms with van der Waals surface area (Å²) < 4.78 is 0. The predicted molar refractivity (Wildman–Crippen MR) is 67.9 cm³/mol. The number of nitrogens with zero attached hydrogens (tertiary/aromatic N) is 3. The van der Waals surface area contributed by atoms with E-state index in [1.54, 1.807) is 12.1 Å². The average Bonchev–Trinajstić information content (AvgIpc) is 2.92. The molecule has 2 heterocycles. The van der Waals surface area contributed by atoms with Crippen LogP contribution in [0.2, 0.25) is 0 Å². The number of hydrogen-bond acceptors (Lipinski definition) is 6. The molecule has 0 atom stereocenters. The second-order valence-electron chi connectivity index (χ2n) is 3.74. The van der Waals surface area contributed by atoms with Crippen LogP contribution in [-0.4, -0.2) is 38.2 Å². The molecular weight excluding hydrogens is 268 g/mol. The number of benzene rings is 1.